The molecule has 0 aromatic carbocycles. The molecule has 1 aromatic rings. The van der Waals surface area contributed by atoms with Crippen molar-refractivity contribution in [3.63, 3.8) is 0 Å². The van der Waals surface area contributed by atoms with Crippen LogP contribution in [-0.2, 0) is 18.4 Å². The summed E-state index contributed by atoms with van der Waals surface area (Å²) in [4.78, 5) is 0. The molecule has 1 heterocycles. The molecule has 0 amide bonds. The number of ether oxygens (including phenoxy) is 1. The van der Waals surface area contributed by atoms with E-state index in [-0.39, 0.29) is 0 Å². The second-order valence-electron chi connectivity index (χ2n) is 3.12. The lowest BCUT2D eigenvalue weighted by molar-refractivity contribution is 0.114. The number of aryl methyl sites for hydroxylation is 1. The van der Waals surface area contributed by atoms with Crippen LogP contribution in [0.25, 0.3) is 0 Å². The Bertz CT molecular complexity index is 233. The number of hydrogen-bond acceptors (Lipinski definition) is 2. The molecule has 74 valence electrons. The molecule has 0 aliphatic rings. The summed E-state index contributed by atoms with van der Waals surface area (Å²) in [7, 11) is 3.99. The first-order chi connectivity index (χ1) is 6.34. The van der Waals surface area contributed by atoms with Crippen LogP contribution in [0.4, 0.5) is 0 Å². The van der Waals surface area contributed by atoms with Gasteiger partial charge >= 0.3 is 0 Å². The molecule has 1 N–H and O–H groups in total. The first-order valence-corrected chi connectivity index (χ1v) is 4.67. The van der Waals surface area contributed by atoms with E-state index in [4.69, 9.17) is 4.74 Å². The van der Waals surface area contributed by atoms with Gasteiger partial charge < -0.3 is 14.6 Å². The van der Waals surface area contributed by atoms with Gasteiger partial charge in [0.25, 0.3) is 0 Å². The Balaban J connectivity index is 2.10. The van der Waals surface area contributed by atoms with E-state index in [2.05, 4.69) is 16.0 Å². The van der Waals surface area contributed by atoms with E-state index >= 15 is 0 Å². The summed E-state index contributed by atoms with van der Waals surface area (Å²) in [5.41, 5.74) is 1.23. The van der Waals surface area contributed by atoms with Crippen LogP contribution in [-0.4, -0.2) is 24.8 Å². The Labute approximate surface area is 79.7 Å². The highest BCUT2D eigenvalue weighted by molar-refractivity contribution is 5.04. The van der Waals surface area contributed by atoms with Gasteiger partial charge in [0.05, 0.1) is 6.61 Å². The van der Waals surface area contributed by atoms with Gasteiger partial charge in [0.1, 0.15) is 0 Å². The monoisotopic (exact) mass is 182 g/mol. The minimum Gasteiger partial charge on any atom is -0.375 e. The van der Waals surface area contributed by atoms with E-state index in [1.165, 1.54) is 5.69 Å². The van der Waals surface area contributed by atoms with Gasteiger partial charge in [0.15, 0.2) is 0 Å². The van der Waals surface area contributed by atoms with Crippen molar-refractivity contribution in [3.05, 3.63) is 24.0 Å². The van der Waals surface area contributed by atoms with E-state index < -0.39 is 0 Å². The molecule has 13 heavy (non-hydrogen) atoms. The first kappa shape index (κ1) is 10.3. The summed E-state index contributed by atoms with van der Waals surface area (Å²) < 4.78 is 7.58. The van der Waals surface area contributed by atoms with E-state index in [1.807, 2.05) is 26.4 Å². The van der Waals surface area contributed by atoms with Crippen molar-refractivity contribution in [2.45, 2.75) is 13.0 Å². The molecule has 0 saturated carbocycles. The SMILES string of the molecule is CNCCCOCc1cccn1C. The standard InChI is InChI=1S/C10H18N2O/c1-11-6-4-8-13-9-10-5-3-7-12(10)2/h3,5,7,11H,4,6,8-9H2,1-2H3. The van der Waals surface area contributed by atoms with Crippen LogP contribution in [0.15, 0.2) is 18.3 Å². The van der Waals surface area contributed by atoms with Crippen LogP contribution in [0.5, 0.6) is 0 Å². The first-order valence-electron chi connectivity index (χ1n) is 4.67. The minimum atomic E-state index is 0.715. The predicted molar refractivity (Wildman–Crippen MR) is 53.6 cm³/mol. The molecule has 3 nitrogen and oxygen atoms in total. The Kier molecular flexibility index (Phi) is 4.57. The normalized spacial score (nSPS) is 10.6. The van der Waals surface area contributed by atoms with Crippen LogP contribution in [0.3, 0.4) is 0 Å². The third-order valence-electron chi connectivity index (χ3n) is 2.02. The molecule has 0 saturated heterocycles. The molecule has 3 heteroatoms. The maximum absolute atomic E-state index is 5.50. The van der Waals surface area contributed by atoms with Crippen molar-refractivity contribution in [3.8, 4) is 0 Å². The largest absolute Gasteiger partial charge is 0.375 e. The second kappa shape index (κ2) is 5.78. The lowest BCUT2D eigenvalue weighted by Crippen LogP contribution is -2.10. The summed E-state index contributed by atoms with van der Waals surface area (Å²) >= 11 is 0. The van der Waals surface area contributed by atoms with Crippen LogP contribution in [0, 0.1) is 0 Å². The highest BCUT2D eigenvalue weighted by Crippen LogP contribution is 2.01. The summed E-state index contributed by atoms with van der Waals surface area (Å²) in [6.07, 6.45) is 3.10. The van der Waals surface area contributed by atoms with Crippen molar-refractivity contribution < 1.29 is 4.74 Å². The fourth-order valence-electron chi connectivity index (χ4n) is 1.17. The maximum Gasteiger partial charge on any atom is 0.0867 e. The molecular formula is C10H18N2O. The smallest absolute Gasteiger partial charge is 0.0867 e. The third kappa shape index (κ3) is 3.61. The van der Waals surface area contributed by atoms with Crippen LogP contribution in [0.2, 0.25) is 0 Å². The highest BCUT2D eigenvalue weighted by atomic mass is 16.5. The van der Waals surface area contributed by atoms with Gasteiger partial charge in [-0.15, -0.1) is 0 Å². The Morgan fingerprint density at radius 1 is 1.54 bits per heavy atom. The number of aromatic nitrogens is 1. The van der Waals surface area contributed by atoms with Gasteiger partial charge in [-0.05, 0) is 32.1 Å². The van der Waals surface area contributed by atoms with Gasteiger partial charge in [-0.3, -0.25) is 0 Å². The number of hydrogen-bond donors (Lipinski definition) is 1. The fourth-order valence-corrected chi connectivity index (χ4v) is 1.17. The topological polar surface area (TPSA) is 26.2 Å². The number of nitrogens with zero attached hydrogens (tertiary/aromatic N) is 1. The van der Waals surface area contributed by atoms with Gasteiger partial charge in [0.2, 0.25) is 0 Å². The van der Waals surface area contributed by atoms with E-state index in [1.54, 1.807) is 0 Å². The molecule has 0 fully saturated rings. The van der Waals surface area contributed by atoms with Crippen LogP contribution < -0.4 is 5.32 Å². The Morgan fingerprint density at radius 2 is 2.38 bits per heavy atom. The summed E-state index contributed by atoms with van der Waals surface area (Å²) in [5.74, 6) is 0. The second-order valence-corrected chi connectivity index (χ2v) is 3.12. The van der Waals surface area contributed by atoms with Crippen molar-refractivity contribution in [1.82, 2.24) is 9.88 Å². The molecule has 0 radical (unpaired) electrons. The van der Waals surface area contributed by atoms with Gasteiger partial charge in [-0.25, -0.2) is 0 Å². The van der Waals surface area contributed by atoms with Crippen molar-refractivity contribution in [1.29, 1.82) is 0 Å². The van der Waals surface area contributed by atoms with Crippen molar-refractivity contribution >= 4 is 0 Å². The zero-order chi connectivity index (χ0) is 9.52. The molecule has 0 atom stereocenters. The molecule has 0 bridgehead atoms. The lowest BCUT2D eigenvalue weighted by Gasteiger charge is -2.04. The Morgan fingerprint density at radius 3 is 3.00 bits per heavy atom. The molecule has 1 aromatic heterocycles. The van der Waals surface area contributed by atoms with Crippen molar-refractivity contribution in [2.75, 3.05) is 20.2 Å². The summed E-state index contributed by atoms with van der Waals surface area (Å²) in [6, 6.07) is 4.12. The number of rotatable bonds is 6. The third-order valence-corrected chi connectivity index (χ3v) is 2.02. The lowest BCUT2D eigenvalue weighted by atomic mass is 10.4. The van der Waals surface area contributed by atoms with Crippen molar-refractivity contribution in [2.24, 2.45) is 7.05 Å². The molecule has 0 spiro atoms. The average Bonchev–Trinajstić information content (AvgIpc) is 2.52. The zero-order valence-corrected chi connectivity index (χ0v) is 8.42. The van der Waals surface area contributed by atoms with Gasteiger partial charge in [-0.1, -0.05) is 0 Å². The van der Waals surface area contributed by atoms with Gasteiger partial charge in [-0.2, -0.15) is 0 Å². The quantitative estimate of drug-likeness (QED) is 0.668. The molecule has 0 aliphatic heterocycles. The predicted octanol–water partition coefficient (Wildman–Crippen LogP) is 1.15. The molecule has 1 rings (SSSR count). The zero-order valence-electron chi connectivity index (χ0n) is 8.42. The highest BCUT2D eigenvalue weighted by Gasteiger charge is 1.95. The van der Waals surface area contributed by atoms with E-state index in [0.717, 1.165) is 19.6 Å². The molecular weight excluding hydrogens is 164 g/mol. The fraction of sp³-hybridized carbons (Fsp3) is 0.600. The van der Waals surface area contributed by atoms with Gasteiger partial charge in [0, 0.05) is 25.5 Å². The average molecular weight is 182 g/mol. The van der Waals surface area contributed by atoms with E-state index in [0.29, 0.717) is 6.61 Å². The van der Waals surface area contributed by atoms with Crippen LogP contribution >= 0.6 is 0 Å². The number of nitrogens with one attached hydrogen (secondary N) is 1. The summed E-state index contributed by atoms with van der Waals surface area (Å²) in [6.45, 7) is 2.56. The molecule has 0 aliphatic carbocycles. The van der Waals surface area contributed by atoms with Crippen LogP contribution in [0.1, 0.15) is 12.1 Å². The summed E-state index contributed by atoms with van der Waals surface area (Å²) in [5, 5.41) is 3.09. The molecule has 0 unspecified atom stereocenters. The minimum absolute atomic E-state index is 0.715. The van der Waals surface area contributed by atoms with E-state index in [9.17, 15) is 0 Å². The maximum atomic E-state index is 5.50. The Hall–Kier alpha value is -0.800.